The van der Waals surface area contributed by atoms with Crippen molar-refractivity contribution < 1.29 is 23.9 Å². The number of amides is 4. The summed E-state index contributed by atoms with van der Waals surface area (Å²) < 4.78 is 10.7. The Morgan fingerprint density at radius 2 is 1.74 bits per heavy atom. The Morgan fingerprint density at radius 1 is 1.07 bits per heavy atom. The maximum atomic E-state index is 12.6. The number of hydrogen-bond acceptors (Lipinski definition) is 5. The van der Waals surface area contributed by atoms with Crippen LogP contribution in [-0.4, -0.2) is 73.4 Å². The van der Waals surface area contributed by atoms with E-state index in [0.29, 0.717) is 37.4 Å². The van der Waals surface area contributed by atoms with Gasteiger partial charge in [0, 0.05) is 33.1 Å². The maximum Gasteiger partial charge on any atom is 0.326 e. The third-order valence-electron chi connectivity index (χ3n) is 5.07. The molecule has 8 nitrogen and oxygen atoms in total. The number of carbonyl (C=O) groups excluding carboxylic acids is 3. The fourth-order valence-corrected chi connectivity index (χ4v) is 3.53. The molecule has 1 aromatic carbocycles. The molecule has 0 aromatic heterocycles. The predicted octanol–water partition coefficient (Wildman–Crippen LogP) is 1.26. The molecular weight excluding hydrogens is 350 g/mol. The van der Waals surface area contributed by atoms with Crippen LogP contribution >= 0.6 is 0 Å². The molecule has 2 heterocycles. The summed E-state index contributed by atoms with van der Waals surface area (Å²) in [6.07, 6.45) is 1.54. The van der Waals surface area contributed by atoms with Crippen molar-refractivity contribution in [3.8, 4) is 11.5 Å². The number of likely N-dealkylation sites (N-methyl/N-ethyl adjacent to an activating group) is 1. The van der Waals surface area contributed by atoms with E-state index in [9.17, 15) is 14.4 Å². The number of urea groups is 1. The molecule has 0 aliphatic carbocycles. The van der Waals surface area contributed by atoms with Gasteiger partial charge in [-0.2, -0.15) is 0 Å². The topological polar surface area (TPSA) is 79.4 Å². The normalized spacial score (nSPS) is 16.6. The third kappa shape index (κ3) is 3.84. The Bertz CT molecular complexity index is 764. The van der Waals surface area contributed by atoms with E-state index in [-0.39, 0.29) is 30.9 Å². The Hall–Kier alpha value is -2.77. The van der Waals surface area contributed by atoms with Gasteiger partial charge in [0.15, 0.2) is 11.5 Å². The van der Waals surface area contributed by atoms with E-state index in [1.165, 1.54) is 9.80 Å². The molecule has 0 bridgehead atoms. The van der Waals surface area contributed by atoms with Gasteiger partial charge in [0.05, 0.1) is 14.2 Å². The van der Waals surface area contributed by atoms with Crippen LogP contribution in [0.3, 0.4) is 0 Å². The van der Waals surface area contributed by atoms with Crippen molar-refractivity contribution in [2.45, 2.75) is 25.8 Å². The van der Waals surface area contributed by atoms with Crippen LogP contribution in [0, 0.1) is 0 Å². The van der Waals surface area contributed by atoms with Crippen molar-refractivity contribution in [3.05, 3.63) is 23.3 Å². The van der Waals surface area contributed by atoms with E-state index in [4.69, 9.17) is 9.47 Å². The SMILES string of the molecule is COc1cc2c(cc1OC)CN(C(=O)CCCN1C(=O)CN(C)C1=O)CC2. The molecular formula is C19H25N3O5. The summed E-state index contributed by atoms with van der Waals surface area (Å²) in [7, 11) is 4.80. The second-order valence-corrected chi connectivity index (χ2v) is 6.83. The minimum atomic E-state index is -0.291. The molecule has 0 unspecified atom stereocenters. The number of benzene rings is 1. The number of rotatable bonds is 6. The van der Waals surface area contributed by atoms with Gasteiger partial charge >= 0.3 is 6.03 Å². The molecule has 2 aliphatic rings. The highest BCUT2D eigenvalue weighted by Crippen LogP contribution is 2.33. The minimum Gasteiger partial charge on any atom is -0.493 e. The Morgan fingerprint density at radius 3 is 2.33 bits per heavy atom. The summed E-state index contributed by atoms with van der Waals surface area (Å²) in [5.74, 6) is 1.17. The van der Waals surface area contributed by atoms with Crippen molar-refractivity contribution in [2.24, 2.45) is 0 Å². The summed E-state index contributed by atoms with van der Waals surface area (Å²) in [4.78, 5) is 40.6. The van der Waals surface area contributed by atoms with Crippen molar-refractivity contribution in [2.75, 3.05) is 40.9 Å². The first-order chi connectivity index (χ1) is 12.9. The largest absolute Gasteiger partial charge is 0.493 e. The molecule has 4 amide bonds. The lowest BCUT2D eigenvalue weighted by molar-refractivity contribution is -0.133. The van der Waals surface area contributed by atoms with Crippen molar-refractivity contribution in [1.29, 1.82) is 0 Å². The molecule has 0 radical (unpaired) electrons. The van der Waals surface area contributed by atoms with E-state index in [1.54, 1.807) is 21.3 Å². The van der Waals surface area contributed by atoms with Crippen molar-refractivity contribution in [1.82, 2.24) is 14.7 Å². The molecule has 27 heavy (non-hydrogen) atoms. The summed E-state index contributed by atoms with van der Waals surface area (Å²) in [6, 6.07) is 3.60. The van der Waals surface area contributed by atoms with Crippen LogP contribution in [0.15, 0.2) is 12.1 Å². The summed E-state index contributed by atoms with van der Waals surface area (Å²) in [5, 5.41) is 0. The summed E-state index contributed by atoms with van der Waals surface area (Å²) in [5.41, 5.74) is 2.21. The molecule has 1 fully saturated rings. The summed E-state index contributed by atoms with van der Waals surface area (Å²) in [6.45, 7) is 1.56. The second-order valence-electron chi connectivity index (χ2n) is 6.83. The molecule has 3 rings (SSSR count). The average molecular weight is 375 g/mol. The smallest absolute Gasteiger partial charge is 0.326 e. The highest BCUT2D eigenvalue weighted by molar-refractivity contribution is 6.01. The molecule has 1 aromatic rings. The first-order valence-electron chi connectivity index (χ1n) is 9.01. The average Bonchev–Trinajstić information content (AvgIpc) is 2.92. The first-order valence-corrected chi connectivity index (χ1v) is 9.01. The number of nitrogens with zero attached hydrogens (tertiary/aromatic N) is 3. The molecule has 8 heteroatoms. The zero-order valence-electron chi connectivity index (χ0n) is 16.0. The molecule has 0 spiro atoms. The fourth-order valence-electron chi connectivity index (χ4n) is 3.53. The van der Waals surface area contributed by atoms with Crippen LogP contribution in [-0.2, 0) is 22.6 Å². The van der Waals surface area contributed by atoms with Gasteiger partial charge in [0.25, 0.3) is 0 Å². The van der Waals surface area contributed by atoms with Gasteiger partial charge < -0.3 is 19.3 Å². The molecule has 2 aliphatic heterocycles. The van der Waals surface area contributed by atoms with Gasteiger partial charge in [0.2, 0.25) is 11.8 Å². The maximum absolute atomic E-state index is 12.6. The standard InChI is InChI=1S/C19H25N3O5/c1-20-12-18(24)22(19(20)25)7-4-5-17(23)21-8-6-13-9-15(26-2)16(27-3)10-14(13)11-21/h9-10H,4-8,11-12H2,1-3H3. The van der Waals surface area contributed by atoms with Gasteiger partial charge in [-0.3, -0.25) is 14.5 Å². The van der Waals surface area contributed by atoms with Gasteiger partial charge in [-0.15, -0.1) is 0 Å². The van der Waals surface area contributed by atoms with Gasteiger partial charge in [-0.1, -0.05) is 0 Å². The lowest BCUT2D eigenvalue weighted by Crippen LogP contribution is -2.37. The van der Waals surface area contributed by atoms with Gasteiger partial charge in [-0.05, 0) is 36.1 Å². The van der Waals surface area contributed by atoms with E-state index < -0.39 is 0 Å². The zero-order valence-corrected chi connectivity index (χ0v) is 16.0. The molecule has 0 saturated carbocycles. The Labute approximate surface area is 158 Å². The second kappa shape index (κ2) is 7.85. The number of fused-ring (bicyclic) bond motifs is 1. The van der Waals surface area contributed by atoms with Crippen molar-refractivity contribution in [3.63, 3.8) is 0 Å². The van der Waals surface area contributed by atoms with Gasteiger partial charge in [0.1, 0.15) is 6.54 Å². The van der Waals surface area contributed by atoms with E-state index >= 15 is 0 Å². The molecule has 146 valence electrons. The number of ether oxygens (including phenoxy) is 2. The lowest BCUT2D eigenvalue weighted by atomic mass is 9.98. The number of carbonyl (C=O) groups is 3. The van der Waals surface area contributed by atoms with E-state index in [2.05, 4.69) is 0 Å². The Kier molecular flexibility index (Phi) is 5.53. The quantitative estimate of drug-likeness (QED) is 0.700. The zero-order chi connectivity index (χ0) is 19.6. The van der Waals surface area contributed by atoms with Crippen LogP contribution in [0.5, 0.6) is 11.5 Å². The van der Waals surface area contributed by atoms with Crippen LogP contribution < -0.4 is 9.47 Å². The first kappa shape index (κ1) is 19.0. The van der Waals surface area contributed by atoms with Gasteiger partial charge in [-0.25, -0.2) is 4.79 Å². The van der Waals surface area contributed by atoms with Crippen LogP contribution in [0.1, 0.15) is 24.0 Å². The third-order valence-corrected chi connectivity index (χ3v) is 5.07. The minimum absolute atomic E-state index is 0.0304. The van der Waals surface area contributed by atoms with Crippen LogP contribution in [0.4, 0.5) is 4.79 Å². The van der Waals surface area contributed by atoms with E-state index in [1.807, 2.05) is 17.0 Å². The fraction of sp³-hybridized carbons (Fsp3) is 0.526. The lowest BCUT2D eigenvalue weighted by Gasteiger charge is -2.30. The highest BCUT2D eigenvalue weighted by atomic mass is 16.5. The molecule has 1 saturated heterocycles. The van der Waals surface area contributed by atoms with Crippen LogP contribution in [0.25, 0.3) is 0 Å². The number of methoxy groups -OCH3 is 2. The number of imide groups is 1. The number of hydrogen-bond donors (Lipinski definition) is 0. The van der Waals surface area contributed by atoms with E-state index in [0.717, 1.165) is 17.5 Å². The Balaban J connectivity index is 1.56. The predicted molar refractivity (Wildman–Crippen MR) is 97.6 cm³/mol. The van der Waals surface area contributed by atoms with Crippen molar-refractivity contribution >= 4 is 17.8 Å². The highest BCUT2D eigenvalue weighted by Gasteiger charge is 2.33. The molecule has 0 atom stereocenters. The monoisotopic (exact) mass is 375 g/mol. The van der Waals surface area contributed by atoms with Crippen LogP contribution in [0.2, 0.25) is 0 Å². The summed E-state index contributed by atoms with van der Waals surface area (Å²) >= 11 is 0. The molecule has 0 N–H and O–H groups in total.